The molecular formula is C31H38N6O3S. The lowest BCUT2D eigenvalue weighted by Gasteiger charge is -2.38. The number of sulfone groups is 1. The van der Waals surface area contributed by atoms with Crippen LogP contribution in [0, 0.1) is 0 Å². The van der Waals surface area contributed by atoms with Gasteiger partial charge in [0.15, 0.2) is 15.7 Å². The molecule has 0 unspecified atom stereocenters. The molecule has 6 rings (SSSR count). The van der Waals surface area contributed by atoms with Gasteiger partial charge in [-0.2, -0.15) is 0 Å². The molecule has 4 aromatic rings. The highest BCUT2D eigenvalue weighted by molar-refractivity contribution is 7.91. The van der Waals surface area contributed by atoms with Gasteiger partial charge in [0.25, 0.3) is 0 Å². The van der Waals surface area contributed by atoms with Crippen LogP contribution in [0.5, 0.6) is 5.75 Å². The predicted molar refractivity (Wildman–Crippen MR) is 163 cm³/mol. The summed E-state index contributed by atoms with van der Waals surface area (Å²) >= 11 is 0. The second kappa shape index (κ2) is 11.7. The second-order valence-corrected chi connectivity index (χ2v) is 13.1. The average molecular weight is 575 g/mol. The maximum absolute atomic E-state index is 12.7. The number of methoxy groups -OCH3 is 1. The first-order chi connectivity index (χ1) is 19.9. The molecule has 10 heteroatoms. The van der Waals surface area contributed by atoms with Crippen molar-refractivity contribution in [3.63, 3.8) is 0 Å². The smallest absolute Gasteiger partial charge is 0.180 e. The Balaban J connectivity index is 1.23. The first kappa shape index (κ1) is 27.5. The summed E-state index contributed by atoms with van der Waals surface area (Å²) in [5, 5.41) is 3.27. The zero-order valence-electron chi connectivity index (χ0n) is 23.8. The molecule has 0 bridgehead atoms. The standard InChI is InChI=1S/C31H38N6O3S/c1-3-41(38,39)28-9-5-4-8-25(28)34-31-30-26(12-15-32-30)33-29(35-31)20-22-10-11-24(21-27(22)40-2)37-18-13-23(14-19-37)36-16-6-7-17-36/h4-5,8-12,15,21,23,32H,3,6-7,13-14,16-20H2,1-2H3,(H,33,34,35). The molecule has 9 nitrogen and oxygen atoms in total. The zero-order valence-corrected chi connectivity index (χ0v) is 24.6. The van der Waals surface area contributed by atoms with Crippen molar-refractivity contribution in [2.75, 3.05) is 49.3 Å². The number of benzene rings is 2. The number of fused-ring (bicyclic) bond motifs is 1. The second-order valence-electron chi connectivity index (χ2n) is 10.9. The Hall–Kier alpha value is -3.63. The van der Waals surface area contributed by atoms with Crippen LogP contribution >= 0.6 is 0 Å². The number of nitrogens with zero attached hydrogens (tertiary/aromatic N) is 4. The van der Waals surface area contributed by atoms with Crippen molar-refractivity contribution in [3.05, 3.63) is 66.1 Å². The molecule has 2 aromatic heterocycles. The van der Waals surface area contributed by atoms with E-state index in [0.29, 0.717) is 29.8 Å². The molecule has 2 aliphatic rings. The molecule has 0 atom stereocenters. The van der Waals surface area contributed by atoms with Gasteiger partial charge in [-0.3, -0.25) is 0 Å². The fraction of sp³-hybridized carbons (Fsp3) is 0.419. The highest BCUT2D eigenvalue weighted by Gasteiger charge is 2.27. The number of ether oxygens (including phenoxy) is 1. The Bertz CT molecular complexity index is 1620. The van der Waals surface area contributed by atoms with E-state index in [1.165, 1.54) is 44.5 Å². The quantitative estimate of drug-likeness (QED) is 0.283. The number of piperidine rings is 1. The number of para-hydroxylation sites is 1. The number of rotatable bonds is 9. The normalized spacial score (nSPS) is 16.9. The van der Waals surface area contributed by atoms with Crippen molar-refractivity contribution in [1.82, 2.24) is 19.9 Å². The first-order valence-corrected chi connectivity index (χ1v) is 16.2. The summed E-state index contributed by atoms with van der Waals surface area (Å²) in [6.07, 6.45) is 7.37. The molecule has 0 spiro atoms. The molecule has 0 radical (unpaired) electrons. The third kappa shape index (κ3) is 5.76. The van der Waals surface area contributed by atoms with Crippen LogP contribution in [0.4, 0.5) is 17.2 Å². The fourth-order valence-corrected chi connectivity index (χ4v) is 7.18. The van der Waals surface area contributed by atoms with Crippen LogP contribution in [0.3, 0.4) is 0 Å². The van der Waals surface area contributed by atoms with Crippen molar-refractivity contribution < 1.29 is 13.2 Å². The average Bonchev–Trinajstić information content (AvgIpc) is 3.71. The minimum Gasteiger partial charge on any atom is -0.496 e. The Labute approximate surface area is 241 Å². The molecule has 2 saturated heterocycles. The van der Waals surface area contributed by atoms with E-state index < -0.39 is 9.84 Å². The highest BCUT2D eigenvalue weighted by Crippen LogP contribution is 2.32. The van der Waals surface area contributed by atoms with Gasteiger partial charge in [-0.15, -0.1) is 0 Å². The molecule has 41 heavy (non-hydrogen) atoms. The van der Waals surface area contributed by atoms with Crippen LogP contribution in [0.25, 0.3) is 11.0 Å². The summed E-state index contributed by atoms with van der Waals surface area (Å²) < 4.78 is 31.3. The summed E-state index contributed by atoms with van der Waals surface area (Å²) in [5.41, 5.74) is 4.15. The van der Waals surface area contributed by atoms with Crippen molar-refractivity contribution in [2.45, 2.75) is 50.0 Å². The van der Waals surface area contributed by atoms with Crippen LogP contribution in [-0.2, 0) is 16.3 Å². The highest BCUT2D eigenvalue weighted by atomic mass is 32.2. The van der Waals surface area contributed by atoms with Crippen molar-refractivity contribution >= 4 is 38.1 Å². The molecule has 2 fully saturated rings. The molecule has 0 aliphatic carbocycles. The molecule has 0 saturated carbocycles. The number of aromatic amines is 1. The van der Waals surface area contributed by atoms with Gasteiger partial charge < -0.3 is 24.8 Å². The largest absolute Gasteiger partial charge is 0.496 e. The maximum atomic E-state index is 12.7. The third-order valence-corrected chi connectivity index (χ3v) is 10.2. The predicted octanol–water partition coefficient (Wildman–Crippen LogP) is 5.16. The molecule has 0 amide bonds. The van der Waals surface area contributed by atoms with E-state index in [1.807, 2.05) is 18.3 Å². The summed E-state index contributed by atoms with van der Waals surface area (Å²) in [7, 11) is -1.71. The molecule has 2 aromatic carbocycles. The molecule has 4 heterocycles. The topological polar surface area (TPSA) is 103 Å². The van der Waals surface area contributed by atoms with Gasteiger partial charge >= 0.3 is 0 Å². The molecule has 216 valence electrons. The van der Waals surface area contributed by atoms with Crippen LogP contribution in [0.2, 0.25) is 0 Å². The van der Waals surface area contributed by atoms with Crippen LogP contribution in [-0.4, -0.2) is 73.4 Å². The summed E-state index contributed by atoms with van der Waals surface area (Å²) in [6, 6.07) is 16.0. The van der Waals surface area contributed by atoms with Gasteiger partial charge in [0.1, 0.15) is 17.1 Å². The third-order valence-electron chi connectivity index (χ3n) is 8.41. The minimum atomic E-state index is -3.42. The molecular weight excluding hydrogens is 536 g/mol. The van der Waals surface area contributed by atoms with Crippen molar-refractivity contribution in [3.8, 4) is 5.75 Å². The Kier molecular flexibility index (Phi) is 7.86. The zero-order chi connectivity index (χ0) is 28.4. The van der Waals surface area contributed by atoms with Gasteiger partial charge in [0.05, 0.1) is 29.0 Å². The Morgan fingerprint density at radius 3 is 2.56 bits per heavy atom. The lowest BCUT2D eigenvalue weighted by Crippen LogP contribution is -2.43. The summed E-state index contributed by atoms with van der Waals surface area (Å²) in [6.45, 7) is 6.27. The monoisotopic (exact) mass is 574 g/mol. The van der Waals surface area contributed by atoms with Gasteiger partial charge in [0.2, 0.25) is 0 Å². The van der Waals surface area contributed by atoms with E-state index >= 15 is 0 Å². The van der Waals surface area contributed by atoms with Crippen molar-refractivity contribution in [2.24, 2.45) is 0 Å². The number of hydrogen-bond acceptors (Lipinski definition) is 8. The van der Waals surface area contributed by atoms with E-state index in [-0.39, 0.29) is 10.6 Å². The fourth-order valence-electron chi connectivity index (χ4n) is 6.13. The number of aromatic nitrogens is 3. The number of H-pyrrole nitrogens is 1. The van der Waals surface area contributed by atoms with Gasteiger partial charge in [-0.05, 0) is 63.0 Å². The number of likely N-dealkylation sites (tertiary alicyclic amines) is 1. The minimum absolute atomic E-state index is 0.0187. The van der Waals surface area contributed by atoms with Crippen LogP contribution in [0.15, 0.2) is 59.6 Å². The lowest BCUT2D eigenvalue weighted by molar-refractivity contribution is 0.208. The molecule has 2 aliphatic heterocycles. The van der Waals surface area contributed by atoms with Crippen molar-refractivity contribution in [1.29, 1.82) is 0 Å². The Morgan fingerprint density at radius 2 is 1.80 bits per heavy atom. The van der Waals surface area contributed by atoms with E-state index in [4.69, 9.17) is 14.7 Å². The van der Waals surface area contributed by atoms with E-state index in [9.17, 15) is 8.42 Å². The van der Waals surface area contributed by atoms with Gasteiger partial charge in [-0.1, -0.05) is 25.1 Å². The first-order valence-electron chi connectivity index (χ1n) is 14.5. The van der Waals surface area contributed by atoms with Gasteiger partial charge in [0, 0.05) is 49.1 Å². The lowest BCUT2D eigenvalue weighted by atomic mass is 10.0. The Morgan fingerprint density at radius 1 is 1.02 bits per heavy atom. The van der Waals surface area contributed by atoms with Gasteiger partial charge in [-0.25, -0.2) is 18.4 Å². The summed E-state index contributed by atoms with van der Waals surface area (Å²) in [5.74, 6) is 1.99. The van der Waals surface area contributed by atoms with E-state index in [2.05, 4.69) is 38.3 Å². The SMILES string of the molecule is CCS(=O)(=O)c1ccccc1Nc1nc(Cc2ccc(N3CCC(N4CCCC4)CC3)cc2OC)nc2cc[nH]c12. The number of hydrogen-bond donors (Lipinski definition) is 2. The van der Waals surface area contributed by atoms with E-state index in [1.54, 1.807) is 32.2 Å². The number of nitrogens with one attached hydrogen (secondary N) is 2. The summed E-state index contributed by atoms with van der Waals surface area (Å²) in [4.78, 5) is 18.2. The molecule has 2 N–H and O–H groups in total. The van der Waals surface area contributed by atoms with Crippen LogP contribution < -0.4 is 15.0 Å². The van der Waals surface area contributed by atoms with Crippen LogP contribution in [0.1, 0.15) is 44.0 Å². The van der Waals surface area contributed by atoms with E-state index in [0.717, 1.165) is 35.4 Å². The number of anilines is 3. The maximum Gasteiger partial charge on any atom is 0.180 e.